The molecule has 3 aromatic carbocycles. The van der Waals surface area contributed by atoms with Gasteiger partial charge in [0.2, 0.25) is 15.9 Å². The summed E-state index contributed by atoms with van der Waals surface area (Å²) in [4.78, 5) is 12.5. The van der Waals surface area contributed by atoms with E-state index >= 15 is 0 Å². The van der Waals surface area contributed by atoms with Crippen molar-refractivity contribution in [3.05, 3.63) is 82.3 Å². The van der Waals surface area contributed by atoms with Gasteiger partial charge in [0.05, 0.1) is 26.9 Å². The number of carbonyl (C=O) groups is 1. The van der Waals surface area contributed by atoms with E-state index in [1.54, 1.807) is 18.2 Å². The van der Waals surface area contributed by atoms with Crippen LogP contribution in [-0.2, 0) is 24.8 Å². The number of anilines is 3. The van der Waals surface area contributed by atoms with Crippen LogP contribution in [0.15, 0.2) is 71.6 Å². The molecule has 0 fully saturated rings. The van der Waals surface area contributed by atoms with Crippen molar-refractivity contribution in [2.45, 2.75) is 11.8 Å². The highest BCUT2D eigenvalue weighted by Gasteiger charge is 2.22. The average molecular weight is 542 g/mol. The minimum absolute atomic E-state index is 0.000531. The largest absolute Gasteiger partial charge is 0.325 e. The molecule has 8 nitrogen and oxygen atoms in total. The molecule has 2 N–H and O–H groups in total. The van der Waals surface area contributed by atoms with E-state index in [0.29, 0.717) is 11.4 Å². The molecule has 0 saturated heterocycles. The standard InChI is InChI=1S/C22H21Cl2N3O5S2/c1-15-4-3-5-17(12-15)26-34(31,32)19-9-6-16(7-10-19)25-22(28)14-27(33(2,29)30)18-8-11-20(23)21(24)13-18/h3-13,26H,14H2,1-2H3,(H,25,28). The number of sulfonamides is 2. The molecular weight excluding hydrogens is 521 g/mol. The van der Waals surface area contributed by atoms with Crippen LogP contribution in [0.5, 0.6) is 0 Å². The Balaban J connectivity index is 1.72. The first-order chi connectivity index (χ1) is 15.8. The third-order valence-electron chi connectivity index (χ3n) is 4.60. The van der Waals surface area contributed by atoms with E-state index in [0.717, 1.165) is 16.1 Å². The van der Waals surface area contributed by atoms with E-state index in [1.165, 1.54) is 42.5 Å². The molecule has 0 aliphatic carbocycles. The van der Waals surface area contributed by atoms with Crippen LogP contribution in [0.3, 0.4) is 0 Å². The lowest BCUT2D eigenvalue weighted by Gasteiger charge is -2.22. The fraction of sp³-hybridized carbons (Fsp3) is 0.136. The Morgan fingerprint density at radius 2 is 1.56 bits per heavy atom. The maximum atomic E-state index is 12.6. The van der Waals surface area contributed by atoms with Crippen LogP contribution in [0.2, 0.25) is 10.0 Å². The minimum atomic E-state index is -3.83. The number of nitrogens with one attached hydrogen (secondary N) is 2. The Labute approximate surface area is 208 Å². The molecule has 0 unspecified atom stereocenters. The quantitative estimate of drug-likeness (QED) is 0.435. The summed E-state index contributed by atoms with van der Waals surface area (Å²) >= 11 is 11.9. The molecule has 3 rings (SSSR count). The van der Waals surface area contributed by atoms with Gasteiger partial charge in [-0.05, 0) is 67.1 Å². The summed E-state index contributed by atoms with van der Waals surface area (Å²) in [6.45, 7) is 1.33. The highest BCUT2D eigenvalue weighted by molar-refractivity contribution is 7.92. The fourth-order valence-electron chi connectivity index (χ4n) is 3.01. The summed E-state index contributed by atoms with van der Waals surface area (Å²) in [5.41, 5.74) is 1.81. The number of benzene rings is 3. The van der Waals surface area contributed by atoms with Gasteiger partial charge in [0.25, 0.3) is 10.0 Å². The zero-order chi connectivity index (χ0) is 25.1. The summed E-state index contributed by atoms with van der Waals surface area (Å²) in [5, 5.41) is 2.95. The Morgan fingerprint density at radius 1 is 0.882 bits per heavy atom. The summed E-state index contributed by atoms with van der Waals surface area (Å²) < 4.78 is 53.1. The molecule has 34 heavy (non-hydrogen) atoms. The van der Waals surface area contributed by atoms with Crippen molar-refractivity contribution in [2.75, 3.05) is 27.1 Å². The molecule has 0 aliphatic rings. The number of hydrogen-bond donors (Lipinski definition) is 2. The monoisotopic (exact) mass is 541 g/mol. The number of amides is 1. The second-order valence-electron chi connectivity index (χ2n) is 7.42. The molecule has 0 radical (unpaired) electrons. The minimum Gasteiger partial charge on any atom is -0.325 e. The first-order valence-corrected chi connectivity index (χ1v) is 13.9. The highest BCUT2D eigenvalue weighted by Crippen LogP contribution is 2.28. The van der Waals surface area contributed by atoms with Crippen molar-refractivity contribution in [1.82, 2.24) is 0 Å². The van der Waals surface area contributed by atoms with Gasteiger partial charge >= 0.3 is 0 Å². The van der Waals surface area contributed by atoms with Gasteiger partial charge in [-0.1, -0.05) is 35.3 Å². The van der Waals surface area contributed by atoms with Gasteiger partial charge in [0.15, 0.2) is 0 Å². The second-order valence-corrected chi connectivity index (χ2v) is 11.8. The number of halogens is 2. The lowest BCUT2D eigenvalue weighted by Crippen LogP contribution is -2.37. The Morgan fingerprint density at radius 3 is 2.15 bits per heavy atom. The molecule has 0 aliphatic heterocycles. The molecule has 0 saturated carbocycles. The molecule has 0 spiro atoms. The zero-order valence-electron chi connectivity index (χ0n) is 18.1. The summed E-state index contributed by atoms with van der Waals surface area (Å²) in [6.07, 6.45) is 0.962. The van der Waals surface area contributed by atoms with Gasteiger partial charge < -0.3 is 5.32 Å². The first kappa shape index (κ1) is 25.8. The molecule has 0 heterocycles. The summed E-state index contributed by atoms with van der Waals surface area (Å²) in [6, 6.07) is 16.6. The Kier molecular flexibility index (Phi) is 7.77. The topological polar surface area (TPSA) is 113 Å². The van der Waals surface area contributed by atoms with Crippen molar-refractivity contribution < 1.29 is 21.6 Å². The van der Waals surface area contributed by atoms with E-state index in [4.69, 9.17) is 23.2 Å². The molecule has 0 atom stereocenters. The van der Waals surface area contributed by atoms with Crippen LogP contribution in [0, 0.1) is 6.92 Å². The van der Waals surface area contributed by atoms with E-state index in [1.807, 2.05) is 13.0 Å². The van der Waals surface area contributed by atoms with Gasteiger partial charge in [-0.2, -0.15) is 0 Å². The Hall–Kier alpha value is -2.79. The summed E-state index contributed by atoms with van der Waals surface area (Å²) in [7, 11) is -7.64. The lowest BCUT2D eigenvalue weighted by atomic mass is 10.2. The SMILES string of the molecule is Cc1cccc(NS(=O)(=O)c2ccc(NC(=O)CN(c3ccc(Cl)c(Cl)c3)S(C)(=O)=O)cc2)c1. The zero-order valence-corrected chi connectivity index (χ0v) is 21.3. The van der Waals surface area contributed by atoms with Crippen molar-refractivity contribution >= 4 is 66.2 Å². The van der Waals surface area contributed by atoms with Crippen molar-refractivity contribution in [1.29, 1.82) is 0 Å². The number of nitrogens with zero attached hydrogens (tertiary/aromatic N) is 1. The third-order valence-corrected chi connectivity index (χ3v) is 7.87. The van der Waals surface area contributed by atoms with Crippen molar-refractivity contribution in [3.63, 3.8) is 0 Å². The normalized spacial score (nSPS) is 11.6. The molecule has 0 bridgehead atoms. The van der Waals surface area contributed by atoms with Gasteiger partial charge in [0.1, 0.15) is 6.54 Å². The van der Waals surface area contributed by atoms with E-state index in [9.17, 15) is 21.6 Å². The fourth-order valence-corrected chi connectivity index (χ4v) is 5.20. The van der Waals surface area contributed by atoms with Crippen LogP contribution < -0.4 is 14.3 Å². The van der Waals surface area contributed by atoms with Gasteiger partial charge in [-0.15, -0.1) is 0 Å². The van der Waals surface area contributed by atoms with Crippen LogP contribution in [0.4, 0.5) is 17.1 Å². The maximum absolute atomic E-state index is 12.6. The van der Waals surface area contributed by atoms with Gasteiger partial charge in [-0.25, -0.2) is 16.8 Å². The molecule has 1 amide bonds. The van der Waals surface area contributed by atoms with E-state index in [-0.39, 0.29) is 20.6 Å². The van der Waals surface area contributed by atoms with Crippen LogP contribution >= 0.6 is 23.2 Å². The number of rotatable bonds is 8. The van der Waals surface area contributed by atoms with E-state index in [2.05, 4.69) is 10.0 Å². The molecule has 3 aromatic rings. The smallest absolute Gasteiger partial charge is 0.261 e. The van der Waals surface area contributed by atoms with Crippen LogP contribution in [0.25, 0.3) is 0 Å². The number of hydrogen-bond acceptors (Lipinski definition) is 5. The first-order valence-electron chi connectivity index (χ1n) is 9.77. The van der Waals surface area contributed by atoms with Gasteiger partial charge in [0, 0.05) is 11.4 Å². The molecule has 180 valence electrons. The maximum Gasteiger partial charge on any atom is 0.261 e. The predicted octanol–water partition coefficient (Wildman–Crippen LogP) is 4.51. The number of carbonyl (C=O) groups excluding carboxylic acids is 1. The third kappa shape index (κ3) is 6.63. The number of aryl methyl sites for hydroxylation is 1. The average Bonchev–Trinajstić information content (AvgIpc) is 2.73. The van der Waals surface area contributed by atoms with Gasteiger partial charge in [-0.3, -0.25) is 13.8 Å². The highest BCUT2D eigenvalue weighted by atomic mass is 35.5. The van der Waals surface area contributed by atoms with Crippen molar-refractivity contribution in [2.24, 2.45) is 0 Å². The van der Waals surface area contributed by atoms with Crippen molar-refractivity contribution in [3.8, 4) is 0 Å². The molecular formula is C22H21Cl2N3O5S2. The lowest BCUT2D eigenvalue weighted by molar-refractivity contribution is -0.114. The Bertz CT molecular complexity index is 1430. The molecule has 12 heteroatoms. The molecule has 0 aromatic heterocycles. The predicted molar refractivity (Wildman–Crippen MR) is 136 cm³/mol. The second kappa shape index (κ2) is 10.2. The van der Waals surface area contributed by atoms with Crippen LogP contribution in [0.1, 0.15) is 5.56 Å². The summed E-state index contributed by atoms with van der Waals surface area (Å²) in [5.74, 6) is -0.634. The van der Waals surface area contributed by atoms with E-state index < -0.39 is 32.5 Å². The van der Waals surface area contributed by atoms with Crippen LogP contribution in [-0.4, -0.2) is 35.5 Å².